The van der Waals surface area contributed by atoms with Crippen LogP contribution in [-0.4, -0.2) is 49.7 Å². The SMILES string of the molecule is CCNC(=NCCCCNc1ccccn1)NC1CCN(c2ccccc2)C1. The first-order valence-corrected chi connectivity index (χ1v) is 10.3. The summed E-state index contributed by atoms with van der Waals surface area (Å²) in [5.41, 5.74) is 1.30. The van der Waals surface area contributed by atoms with E-state index in [1.807, 2.05) is 24.4 Å². The Kier molecular flexibility index (Phi) is 7.97. The molecule has 1 aromatic heterocycles. The maximum absolute atomic E-state index is 4.75. The van der Waals surface area contributed by atoms with Crippen molar-refractivity contribution in [3.63, 3.8) is 0 Å². The Morgan fingerprint density at radius 3 is 2.79 bits per heavy atom. The number of unbranched alkanes of at least 4 members (excludes halogenated alkanes) is 1. The van der Waals surface area contributed by atoms with Crippen LogP contribution >= 0.6 is 0 Å². The Labute approximate surface area is 168 Å². The number of benzene rings is 1. The van der Waals surface area contributed by atoms with E-state index in [4.69, 9.17) is 4.99 Å². The van der Waals surface area contributed by atoms with Crippen LogP contribution in [0, 0.1) is 0 Å². The van der Waals surface area contributed by atoms with Gasteiger partial charge in [-0.25, -0.2) is 4.98 Å². The highest BCUT2D eigenvalue weighted by Crippen LogP contribution is 2.19. The van der Waals surface area contributed by atoms with E-state index in [1.54, 1.807) is 0 Å². The molecule has 6 nitrogen and oxygen atoms in total. The number of pyridine rings is 1. The van der Waals surface area contributed by atoms with E-state index in [2.05, 4.69) is 63.1 Å². The van der Waals surface area contributed by atoms with Crippen LogP contribution in [0.1, 0.15) is 26.2 Å². The van der Waals surface area contributed by atoms with Crippen LogP contribution in [0.25, 0.3) is 0 Å². The fourth-order valence-electron chi connectivity index (χ4n) is 3.38. The molecule has 0 spiro atoms. The third-order valence-electron chi connectivity index (χ3n) is 4.82. The molecule has 28 heavy (non-hydrogen) atoms. The van der Waals surface area contributed by atoms with Crippen LogP contribution in [0.2, 0.25) is 0 Å². The molecular formula is C22H32N6. The van der Waals surface area contributed by atoms with Crippen molar-refractivity contribution < 1.29 is 0 Å². The minimum atomic E-state index is 0.434. The summed E-state index contributed by atoms with van der Waals surface area (Å²) >= 11 is 0. The number of aromatic nitrogens is 1. The van der Waals surface area contributed by atoms with Crippen molar-refractivity contribution in [3.8, 4) is 0 Å². The maximum atomic E-state index is 4.75. The van der Waals surface area contributed by atoms with Crippen LogP contribution in [0.4, 0.5) is 11.5 Å². The monoisotopic (exact) mass is 380 g/mol. The Hall–Kier alpha value is -2.76. The zero-order valence-corrected chi connectivity index (χ0v) is 16.8. The number of nitrogens with zero attached hydrogens (tertiary/aromatic N) is 3. The zero-order valence-electron chi connectivity index (χ0n) is 16.8. The summed E-state index contributed by atoms with van der Waals surface area (Å²) in [6.45, 7) is 6.84. The molecule has 3 rings (SSSR count). The van der Waals surface area contributed by atoms with Gasteiger partial charge in [0.05, 0.1) is 0 Å². The van der Waals surface area contributed by atoms with Crippen molar-refractivity contribution in [2.24, 2.45) is 4.99 Å². The van der Waals surface area contributed by atoms with Gasteiger partial charge < -0.3 is 20.9 Å². The highest BCUT2D eigenvalue weighted by molar-refractivity contribution is 5.80. The number of rotatable bonds is 9. The van der Waals surface area contributed by atoms with Crippen molar-refractivity contribution in [1.29, 1.82) is 0 Å². The van der Waals surface area contributed by atoms with Gasteiger partial charge in [0, 0.05) is 50.6 Å². The van der Waals surface area contributed by atoms with Crippen LogP contribution in [-0.2, 0) is 0 Å². The van der Waals surface area contributed by atoms with E-state index in [0.717, 1.165) is 63.8 Å². The Morgan fingerprint density at radius 2 is 2.00 bits per heavy atom. The topological polar surface area (TPSA) is 64.6 Å². The first-order chi connectivity index (χ1) is 13.8. The lowest BCUT2D eigenvalue weighted by Crippen LogP contribution is -2.44. The fourth-order valence-corrected chi connectivity index (χ4v) is 3.38. The quantitative estimate of drug-likeness (QED) is 0.354. The van der Waals surface area contributed by atoms with Crippen molar-refractivity contribution >= 4 is 17.5 Å². The van der Waals surface area contributed by atoms with E-state index >= 15 is 0 Å². The maximum Gasteiger partial charge on any atom is 0.191 e. The summed E-state index contributed by atoms with van der Waals surface area (Å²) in [4.78, 5) is 11.5. The van der Waals surface area contributed by atoms with Gasteiger partial charge in [-0.2, -0.15) is 0 Å². The number of aliphatic imine (C=N–C) groups is 1. The molecule has 1 atom stereocenters. The van der Waals surface area contributed by atoms with E-state index in [-0.39, 0.29) is 0 Å². The molecule has 1 aromatic carbocycles. The Bertz CT molecular complexity index is 703. The first-order valence-electron chi connectivity index (χ1n) is 10.3. The molecule has 1 aliphatic heterocycles. The molecule has 0 amide bonds. The van der Waals surface area contributed by atoms with Gasteiger partial charge in [0.15, 0.2) is 5.96 Å². The predicted molar refractivity (Wildman–Crippen MR) is 118 cm³/mol. The van der Waals surface area contributed by atoms with Gasteiger partial charge in [0.25, 0.3) is 0 Å². The van der Waals surface area contributed by atoms with Crippen LogP contribution in [0.5, 0.6) is 0 Å². The molecule has 1 aliphatic rings. The van der Waals surface area contributed by atoms with E-state index in [0.29, 0.717) is 6.04 Å². The molecule has 1 unspecified atom stereocenters. The summed E-state index contributed by atoms with van der Waals surface area (Å²) in [5.74, 6) is 1.87. The number of anilines is 2. The lowest BCUT2D eigenvalue weighted by molar-refractivity contribution is 0.646. The van der Waals surface area contributed by atoms with Gasteiger partial charge in [-0.1, -0.05) is 24.3 Å². The number of hydrogen-bond acceptors (Lipinski definition) is 4. The first kappa shape index (κ1) is 20.0. The van der Waals surface area contributed by atoms with E-state index in [1.165, 1.54) is 5.69 Å². The molecule has 0 saturated carbocycles. The number of para-hydroxylation sites is 1. The molecule has 1 saturated heterocycles. The minimum Gasteiger partial charge on any atom is -0.370 e. The number of hydrogen-bond donors (Lipinski definition) is 3. The van der Waals surface area contributed by atoms with Crippen molar-refractivity contribution in [1.82, 2.24) is 15.6 Å². The third-order valence-corrected chi connectivity index (χ3v) is 4.82. The molecule has 2 aromatic rings. The molecule has 6 heteroatoms. The molecular weight excluding hydrogens is 348 g/mol. The average Bonchev–Trinajstić information content (AvgIpc) is 3.20. The second-order valence-corrected chi connectivity index (χ2v) is 7.02. The van der Waals surface area contributed by atoms with Crippen LogP contribution in [0.3, 0.4) is 0 Å². The van der Waals surface area contributed by atoms with Gasteiger partial charge in [-0.05, 0) is 50.5 Å². The molecule has 2 heterocycles. The number of nitrogens with one attached hydrogen (secondary N) is 3. The highest BCUT2D eigenvalue weighted by atomic mass is 15.2. The van der Waals surface area contributed by atoms with Gasteiger partial charge in [0.1, 0.15) is 5.82 Å². The van der Waals surface area contributed by atoms with Crippen LogP contribution < -0.4 is 20.9 Å². The van der Waals surface area contributed by atoms with Crippen molar-refractivity contribution in [2.45, 2.75) is 32.2 Å². The van der Waals surface area contributed by atoms with E-state index in [9.17, 15) is 0 Å². The van der Waals surface area contributed by atoms with Gasteiger partial charge >= 0.3 is 0 Å². The lowest BCUT2D eigenvalue weighted by Gasteiger charge is -2.20. The van der Waals surface area contributed by atoms with Crippen molar-refractivity contribution in [2.75, 3.05) is 42.9 Å². The molecule has 3 N–H and O–H groups in total. The second-order valence-electron chi connectivity index (χ2n) is 7.02. The molecule has 150 valence electrons. The largest absolute Gasteiger partial charge is 0.370 e. The van der Waals surface area contributed by atoms with Gasteiger partial charge in [0.2, 0.25) is 0 Å². The number of guanidine groups is 1. The Morgan fingerprint density at radius 1 is 1.14 bits per heavy atom. The summed E-state index contributed by atoms with van der Waals surface area (Å²) in [6.07, 6.45) is 5.07. The van der Waals surface area contributed by atoms with E-state index < -0.39 is 0 Å². The third kappa shape index (κ3) is 6.44. The highest BCUT2D eigenvalue weighted by Gasteiger charge is 2.23. The second kappa shape index (κ2) is 11.2. The average molecular weight is 381 g/mol. The Balaban J connectivity index is 1.38. The van der Waals surface area contributed by atoms with Crippen molar-refractivity contribution in [3.05, 3.63) is 54.7 Å². The summed E-state index contributed by atoms with van der Waals surface area (Å²) in [7, 11) is 0. The molecule has 1 fully saturated rings. The molecule has 0 aliphatic carbocycles. The molecule has 0 bridgehead atoms. The smallest absolute Gasteiger partial charge is 0.191 e. The molecule has 0 radical (unpaired) electrons. The zero-order chi connectivity index (χ0) is 19.4. The van der Waals surface area contributed by atoms with Gasteiger partial charge in [-0.15, -0.1) is 0 Å². The summed E-state index contributed by atoms with van der Waals surface area (Å²) in [5, 5.41) is 10.3. The standard InChI is InChI=1S/C22H32N6/c1-2-23-22(26-16-9-8-15-25-21-12-6-7-14-24-21)27-19-13-17-28(18-19)20-10-4-3-5-11-20/h3-7,10-12,14,19H,2,8-9,13,15-18H2,1H3,(H,24,25)(H2,23,26,27). The normalized spacial score (nSPS) is 16.8. The van der Waals surface area contributed by atoms with Crippen LogP contribution in [0.15, 0.2) is 59.7 Å². The summed E-state index contributed by atoms with van der Waals surface area (Å²) < 4.78 is 0. The summed E-state index contributed by atoms with van der Waals surface area (Å²) in [6, 6.07) is 17.0. The predicted octanol–water partition coefficient (Wildman–Crippen LogP) is 3.11. The minimum absolute atomic E-state index is 0.434. The lowest BCUT2D eigenvalue weighted by atomic mass is 10.2. The van der Waals surface area contributed by atoms with Gasteiger partial charge in [-0.3, -0.25) is 4.99 Å². The fraction of sp³-hybridized carbons (Fsp3) is 0.455.